The highest BCUT2D eigenvalue weighted by Crippen LogP contribution is 2.13. The van der Waals surface area contributed by atoms with Crippen molar-refractivity contribution in [2.75, 3.05) is 26.2 Å². The first-order valence-corrected chi connectivity index (χ1v) is 7.11. The zero-order chi connectivity index (χ0) is 15.1. The number of amides is 2. The lowest BCUT2D eigenvalue weighted by molar-refractivity contribution is 0.202. The van der Waals surface area contributed by atoms with E-state index in [1.54, 1.807) is 11.8 Å². The summed E-state index contributed by atoms with van der Waals surface area (Å²) in [6.07, 6.45) is 1.57. The molecule has 21 heavy (non-hydrogen) atoms. The van der Waals surface area contributed by atoms with Gasteiger partial charge < -0.3 is 20.2 Å². The van der Waals surface area contributed by atoms with E-state index in [9.17, 15) is 4.79 Å². The van der Waals surface area contributed by atoms with Gasteiger partial charge in [-0.25, -0.2) is 4.79 Å². The number of ether oxygens (including phenoxy) is 1. The average molecular weight is 291 g/mol. The molecule has 0 radical (unpaired) electrons. The van der Waals surface area contributed by atoms with Crippen LogP contribution in [0.1, 0.15) is 18.9 Å². The Hall–Kier alpha value is -2.24. The highest BCUT2D eigenvalue weighted by molar-refractivity contribution is 5.81. The van der Waals surface area contributed by atoms with Gasteiger partial charge in [-0.05, 0) is 37.5 Å². The Balaban J connectivity index is 1.73. The minimum atomic E-state index is -0.0186. The van der Waals surface area contributed by atoms with Crippen molar-refractivity contribution >= 4 is 11.7 Å². The van der Waals surface area contributed by atoms with Crippen LogP contribution in [-0.2, 0) is 6.42 Å². The number of hydrogen-bond acceptors (Lipinski definition) is 4. The predicted octanol–water partition coefficient (Wildman–Crippen LogP) is 1.87. The second-order valence-corrected chi connectivity index (χ2v) is 5.05. The Morgan fingerprint density at radius 3 is 2.81 bits per heavy atom. The quantitative estimate of drug-likeness (QED) is 0.457. The number of urea groups is 1. The first-order chi connectivity index (χ1) is 10.2. The van der Waals surface area contributed by atoms with E-state index in [0.29, 0.717) is 19.7 Å². The van der Waals surface area contributed by atoms with Crippen molar-refractivity contribution in [3.8, 4) is 5.75 Å². The van der Waals surface area contributed by atoms with Crippen LogP contribution in [0.5, 0.6) is 5.75 Å². The maximum Gasteiger partial charge on any atom is 0.317 e. The number of aryl methyl sites for hydroxylation is 1. The Labute approximate surface area is 124 Å². The van der Waals surface area contributed by atoms with E-state index in [0.717, 1.165) is 30.8 Å². The van der Waals surface area contributed by atoms with Gasteiger partial charge in [0.2, 0.25) is 0 Å². The SMILES string of the molecule is C/C(CCc1ccc(OCCN2CCNC2=O)cc1)=N\O. The molecule has 6 heteroatoms. The Bertz CT molecular complexity index is 499. The summed E-state index contributed by atoms with van der Waals surface area (Å²) in [7, 11) is 0. The molecule has 0 unspecified atom stereocenters. The second-order valence-electron chi connectivity index (χ2n) is 5.05. The maximum atomic E-state index is 11.3. The summed E-state index contributed by atoms with van der Waals surface area (Å²) in [5.41, 5.74) is 1.89. The lowest BCUT2D eigenvalue weighted by atomic mass is 10.1. The van der Waals surface area contributed by atoms with Crippen molar-refractivity contribution in [2.24, 2.45) is 5.16 Å². The van der Waals surface area contributed by atoms with Crippen LogP contribution >= 0.6 is 0 Å². The lowest BCUT2D eigenvalue weighted by Gasteiger charge is -2.14. The van der Waals surface area contributed by atoms with Crippen LogP contribution in [0, 0.1) is 0 Å². The van der Waals surface area contributed by atoms with Crippen molar-refractivity contribution in [3.63, 3.8) is 0 Å². The summed E-state index contributed by atoms with van der Waals surface area (Å²) in [4.78, 5) is 13.1. The van der Waals surface area contributed by atoms with Crippen LogP contribution < -0.4 is 10.1 Å². The zero-order valence-electron chi connectivity index (χ0n) is 12.2. The van der Waals surface area contributed by atoms with Gasteiger partial charge in [0.05, 0.1) is 12.3 Å². The second kappa shape index (κ2) is 7.52. The fourth-order valence-corrected chi connectivity index (χ4v) is 2.13. The molecule has 2 amide bonds. The largest absolute Gasteiger partial charge is 0.492 e. The molecule has 1 fully saturated rings. The first kappa shape index (κ1) is 15.2. The molecule has 0 aromatic heterocycles. The molecule has 0 atom stereocenters. The normalized spacial score (nSPS) is 15.2. The highest BCUT2D eigenvalue weighted by Gasteiger charge is 2.18. The van der Waals surface area contributed by atoms with E-state index in [2.05, 4.69) is 10.5 Å². The van der Waals surface area contributed by atoms with Crippen molar-refractivity contribution < 1.29 is 14.7 Å². The van der Waals surface area contributed by atoms with E-state index < -0.39 is 0 Å². The molecular formula is C15H21N3O3. The third-order valence-corrected chi connectivity index (χ3v) is 3.44. The Kier molecular flexibility index (Phi) is 5.43. The molecule has 1 aromatic carbocycles. The summed E-state index contributed by atoms with van der Waals surface area (Å²) >= 11 is 0. The van der Waals surface area contributed by atoms with Crippen molar-refractivity contribution in [1.82, 2.24) is 10.2 Å². The molecule has 1 saturated heterocycles. The third kappa shape index (κ3) is 4.66. The molecule has 0 saturated carbocycles. The van der Waals surface area contributed by atoms with Gasteiger partial charge in [0.15, 0.2) is 0 Å². The number of nitrogens with zero attached hydrogens (tertiary/aromatic N) is 2. The molecule has 1 aliphatic heterocycles. The van der Waals surface area contributed by atoms with Crippen LogP contribution in [0.3, 0.4) is 0 Å². The number of hydrogen-bond donors (Lipinski definition) is 2. The molecular weight excluding hydrogens is 270 g/mol. The van der Waals surface area contributed by atoms with Crippen LogP contribution in [-0.4, -0.2) is 48.1 Å². The van der Waals surface area contributed by atoms with Gasteiger partial charge in [-0.3, -0.25) is 0 Å². The third-order valence-electron chi connectivity index (χ3n) is 3.44. The molecule has 1 heterocycles. The van der Waals surface area contributed by atoms with E-state index in [-0.39, 0.29) is 6.03 Å². The number of nitrogens with one attached hydrogen (secondary N) is 1. The number of benzene rings is 1. The zero-order valence-corrected chi connectivity index (χ0v) is 12.2. The lowest BCUT2D eigenvalue weighted by Crippen LogP contribution is -2.31. The van der Waals surface area contributed by atoms with E-state index in [1.807, 2.05) is 24.3 Å². The Morgan fingerprint density at radius 2 is 2.19 bits per heavy atom. The molecule has 0 aliphatic carbocycles. The molecule has 2 N–H and O–H groups in total. The summed E-state index contributed by atoms with van der Waals surface area (Å²) in [5, 5.41) is 14.5. The predicted molar refractivity (Wildman–Crippen MR) is 80.1 cm³/mol. The topological polar surface area (TPSA) is 74.2 Å². The van der Waals surface area contributed by atoms with Gasteiger partial charge >= 0.3 is 6.03 Å². The smallest absolute Gasteiger partial charge is 0.317 e. The van der Waals surface area contributed by atoms with Crippen LogP contribution in [0.4, 0.5) is 4.79 Å². The van der Waals surface area contributed by atoms with Crippen LogP contribution in [0.25, 0.3) is 0 Å². The van der Waals surface area contributed by atoms with Gasteiger partial charge in [-0.2, -0.15) is 0 Å². The summed E-state index contributed by atoms with van der Waals surface area (Å²) < 4.78 is 5.63. The molecule has 1 aromatic rings. The first-order valence-electron chi connectivity index (χ1n) is 7.11. The van der Waals surface area contributed by atoms with Crippen LogP contribution in [0.2, 0.25) is 0 Å². The number of carbonyl (C=O) groups is 1. The minimum absolute atomic E-state index is 0.0186. The monoisotopic (exact) mass is 291 g/mol. The van der Waals surface area contributed by atoms with E-state index in [4.69, 9.17) is 9.94 Å². The molecule has 114 valence electrons. The number of oxime groups is 1. The van der Waals surface area contributed by atoms with E-state index >= 15 is 0 Å². The van der Waals surface area contributed by atoms with Crippen molar-refractivity contribution in [1.29, 1.82) is 0 Å². The molecule has 0 bridgehead atoms. The van der Waals surface area contributed by atoms with Gasteiger partial charge in [0, 0.05) is 13.1 Å². The fraction of sp³-hybridized carbons (Fsp3) is 0.467. The number of rotatable bonds is 7. The minimum Gasteiger partial charge on any atom is -0.492 e. The maximum absolute atomic E-state index is 11.3. The van der Waals surface area contributed by atoms with Gasteiger partial charge in [-0.15, -0.1) is 0 Å². The van der Waals surface area contributed by atoms with E-state index in [1.165, 1.54) is 5.56 Å². The van der Waals surface area contributed by atoms with Crippen molar-refractivity contribution in [3.05, 3.63) is 29.8 Å². The van der Waals surface area contributed by atoms with Crippen LogP contribution in [0.15, 0.2) is 29.4 Å². The van der Waals surface area contributed by atoms with Gasteiger partial charge in [0.25, 0.3) is 0 Å². The number of carbonyl (C=O) groups excluding carboxylic acids is 1. The fourth-order valence-electron chi connectivity index (χ4n) is 2.13. The average Bonchev–Trinajstić information content (AvgIpc) is 2.91. The standard InChI is InChI=1S/C15H21N3O3/c1-12(17-20)2-3-13-4-6-14(7-5-13)21-11-10-18-9-8-16-15(18)19/h4-7,20H,2-3,8-11H2,1H3,(H,16,19)/b17-12+. The molecule has 1 aliphatic rings. The van der Waals surface area contributed by atoms with Gasteiger partial charge in [0.1, 0.15) is 12.4 Å². The highest BCUT2D eigenvalue weighted by atomic mass is 16.5. The van der Waals surface area contributed by atoms with Gasteiger partial charge in [-0.1, -0.05) is 17.3 Å². The molecule has 6 nitrogen and oxygen atoms in total. The summed E-state index contributed by atoms with van der Waals surface area (Å²) in [6, 6.07) is 7.83. The summed E-state index contributed by atoms with van der Waals surface area (Å²) in [5.74, 6) is 0.797. The Morgan fingerprint density at radius 1 is 1.43 bits per heavy atom. The summed E-state index contributed by atoms with van der Waals surface area (Å²) in [6.45, 7) is 4.34. The molecule has 0 spiro atoms. The van der Waals surface area contributed by atoms with Crippen molar-refractivity contribution in [2.45, 2.75) is 19.8 Å². The molecule has 2 rings (SSSR count).